The lowest BCUT2D eigenvalue weighted by Crippen LogP contribution is -2.51. The summed E-state index contributed by atoms with van der Waals surface area (Å²) in [6.45, 7) is 6.52. The Morgan fingerprint density at radius 3 is 2.65 bits per heavy atom. The molecule has 0 bridgehead atoms. The normalized spacial score (nSPS) is 19.3. The molecule has 2 rings (SSSR count). The van der Waals surface area contributed by atoms with E-state index in [0.29, 0.717) is 29.4 Å². The summed E-state index contributed by atoms with van der Waals surface area (Å²) in [4.78, 5) is 24.0. The molecule has 1 aromatic rings. The highest BCUT2D eigenvalue weighted by Gasteiger charge is 2.38. The fourth-order valence-electron chi connectivity index (χ4n) is 2.90. The molecule has 0 aliphatic carbocycles. The lowest BCUT2D eigenvalue weighted by atomic mass is 9.89. The molecule has 0 unspecified atom stereocenters. The summed E-state index contributed by atoms with van der Waals surface area (Å²) in [7, 11) is 2.85. The first-order valence-electron chi connectivity index (χ1n) is 8.66. The van der Waals surface area contributed by atoms with Crippen LogP contribution in [0.4, 0.5) is 4.79 Å². The Morgan fingerprint density at radius 1 is 1.23 bits per heavy atom. The molecule has 2 N–H and O–H groups in total. The molecule has 1 aliphatic rings. The standard InChI is InChI=1S/C19H26N2O5/c1-5-6-7-10-26-14-9-8-13(11-15(14)24-3)17-16(18(22)25-4)12(2)20-19(23)21-17/h8-9,11,16-17H,2,5-7,10H2,1,3-4H3,(H2,20,21,23)/t16-,17+/m1/s1. The van der Waals surface area contributed by atoms with Crippen molar-refractivity contribution in [3.63, 3.8) is 0 Å². The molecule has 2 atom stereocenters. The van der Waals surface area contributed by atoms with Crippen LogP contribution >= 0.6 is 0 Å². The Kier molecular flexibility index (Phi) is 6.89. The van der Waals surface area contributed by atoms with Crippen molar-refractivity contribution in [2.24, 2.45) is 5.92 Å². The predicted octanol–water partition coefficient (Wildman–Crippen LogP) is 2.92. The van der Waals surface area contributed by atoms with Crippen LogP contribution in [0.15, 0.2) is 30.5 Å². The number of unbranched alkanes of at least 4 members (excludes halogenated alkanes) is 2. The van der Waals surface area contributed by atoms with Crippen molar-refractivity contribution in [1.29, 1.82) is 0 Å². The van der Waals surface area contributed by atoms with E-state index < -0.39 is 24.0 Å². The average molecular weight is 362 g/mol. The lowest BCUT2D eigenvalue weighted by Gasteiger charge is -2.33. The minimum Gasteiger partial charge on any atom is -0.493 e. The minimum atomic E-state index is -0.737. The van der Waals surface area contributed by atoms with Gasteiger partial charge < -0.3 is 24.8 Å². The summed E-state index contributed by atoms with van der Waals surface area (Å²) in [5.41, 5.74) is 0.999. The van der Waals surface area contributed by atoms with Gasteiger partial charge in [0.2, 0.25) is 0 Å². The Labute approximate surface area is 153 Å². The highest BCUT2D eigenvalue weighted by atomic mass is 16.5. The van der Waals surface area contributed by atoms with E-state index in [0.717, 1.165) is 19.3 Å². The molecular formula is C19H26N2O5. The Hall–Kier alpha value is -2.70. The Bertz CT molecular complexity index is 674. The van der Waals surface area contributed by atoms with Crippen molar-refractivity contribution in [2.45, 2.75) is 32.2 Å². The topological polar surface area (TPSA) is 85.9 Å². The number of amides is 2. The fraction of sp³-hybridized carbons (Fsp3) is 0.474. The molecule has 1 saturated heterocycles. The van der Waals surface area contributed by atoms with Gasteiger partial charge in [0.05, 0.1) is 26.9 Å². The number of rotatable bonds is 8. The van der Waals surface area contributed by atoms with Crippen LogP contribution in [0.1, 0.15) is 37.8 Å². The number of esters is 1. The molecule has 1 aromatic carbocycles. The number of ether oxygens (including phenoxy) is 3. The molecule has 1 fully saturated rings. The smallest absolute Gasteiger partial charge is 0.319 e. The summed E-state index contributed by atoms with van der Waals surface area (Å²) >= 11 is 0. The zero-order valence-electron chi connectivity index (χ0n) is 15.5. The second-order valence-electron chi connectivity index (χ2n) is 6.07. The molecule has 7 nitrogen and oxygen atoms in total. The zero-order chi connectivity index (χ0) is 19.1. The molecule has 1 heterocycles. The van der Waals surface area contributed by atoms with Crippen LogP contribution in [0.2, 0.25) is 0 Å². The second kappa shape index (κ2) is 9.12. The van der Waals surface area contributed by atoms with Gasteiger partial charge in [-0.1, -0.05) is 32.4 Å². The number of carbonyl (C=O) groups is 2. The van der Waals surface area contributed by atoms with Crippen LogP contribution in [-0.2, 0) is 9.53 Å². The van der Waals surface area contributed by atoms with Crippen molar-refractivity contribution < 1.29 is 23.8 Å². The van der Waals surface area contributed by atoms with Gasteiger partial charge in [-0.05, 0) is 24.1 Å². The van der Waals surface area contributed by atoms with Gasteiger partial charge >= 0.3 is 12.0 Å². The van der Waals surface area contributed by atoms with Gasteiger partial charge in [0.15, 0.2) is 11.5 Å². The van der Waals surface area contributed by atoms with Crippen LogP contribution < -0.4 is 20.1 Å². The first kappa shape index (κ1) is 19.6. The maximum atomic E-state index is 12.2. The van der Waals surface area contributed by atoms with Crippen molar-refractivity contribution in [3.05, 3.63) is 36.0 Å². The Balaban J connectivity index is 2.25. The van der Waals surface area contributed by atoms with Crippen molar-refractivity contribution >= 4 is 12.0 Å². The van der Waals surface area contributed by atoms with Gasteiger partial charge in [0.1, 0.15) is 5.92 Å². The van der Waals surface area contributed by atoms with E-state index in [9.17, 15) is 9.59 Å². The van der Waals surface area contributed by atoms with Gasteiger partial charge in [0.25, 0.3) is 0 Å². The zero-order valence-corrected chi connectivity index (χ0v) is 15.5. The minimum absolute atomic E-state index is 0.296. The third kappa shape index (κ3) is 4.47. The van der Waals surface area contributed by atoms with Crippen LogP contribution in [0, 0.1) is 5.92 Å². The van der Waals surface area contributed by atoms with Crippen molar-refractivity contribution in [3.8, 4) is 11.5 Å². The molecule has 0 saturated carbocycles. The highest BCUT2D eigenvalue weighted by Crippen LogP contribution is 2.35. The third-order valence-electron chi connectivity index (χ3n) is 4.28. The quantitative estimate of drug-likeness (QED) is 0.549. The van der Waals surface area contributed by atoms with Gasteiger partial charge in [-0.3, -0.25) is 4.79 Å². The van der Waals surface area contributed by atoms with Crippen LogP contribution in [0.5, 0.6) is 11.5 Å². The monoisotopic (exact) mass is 362 g/mol. The van der Waals surface area contributed by atoms with E-state index in [4.69, 9.17) is 14.2 Å². The number of hydrogen-bond acceptors (Lipinski definition) is 5. The van der Waals surface area contributed by atoms with Crippen LogP contribution in [-0.4, -0.2) is 32.8 Å². The average Bonchev–Trinajstić information content (AvgIpc) is 2.64. The number of hydrogen-bond donors (Lipinski definition) is 2. The molecule has 0 aromatic heterocycles. The molecule has 1 aliphatic heterocycles. The SMILES string of the molecule is C=C1NC(=O)N[C@@H](c2ccc(OCCCCC)c(OC)c2)[C@@H]1C(=O)OC. The number of benzene rings is 1. The van der Waals surface area contributed by atoms with E-state index in [2.05, 4.69) is 24.1 Å². The van der Waals surface area contributed by atoms with Crippen LogP contribution in [0.25, 0.3) is 0 Å². The molecule has 0 spiro atoms. The van der Waals surface area contributed by atoms with E-state index in [1.807, 2.05) is 0 Å². The molecular weight excluding hydrogens is 336 g/mol. The van der Waals surface area contributed by atoms with E-state index in [-0.39, 0.29) is 0 Å². The summed E-state index contributed by atoms with van der Waals surface area (Å²) in [6, 6.07) is 4.32. The van der Waals surface area contributed by atoms with Crippen LogP contribution in [0.3, 0.4) is 0 Å². The number of nitrogens with one attached hydrogen (secondary N) is 2. The molecule has 7 heteroatoms. The maximum Gasteiger partial charge on any atom is 0.319 e. The maximum absolute atomic E-state index is 12.2. The summed E-state index contributed by atoms with van der Waals surface area (Å²) in [5.74, 6) is -0.0489. The lowest BCUT2D eigenvalue weighted by molar-refractivity contribution is -0.145. The predicted molar refractivity (Wildman–Crippen MR) is 97.1 cm³/mol. The van der Waals surface area contributed by atoms with E-state index in [1.54, 1.807) is 25.3 Å². The number of carbonyl (C=O) groups excluding carboxylic acids is 2. The second-order valence-corrected chi connectivity index (χ2v) is 6.07. The first-order valence-corrected chi connectivity index (χ1v) is 8.66. The van der Waals surface area contributed by atoms with E-state index in [1.165, 1.54) is 7.11 Å². The molecule has 2 amide bonds. The van der Waals surface area contributed by atoms with Gasteiger partial charge in [-0.2, -0.15) is 0 Å². The molecule has 0 radical (unpaired) electrons. The number of urea groups is 1. The van der Waals surface area contributed by atoms with Crippen molar-refractivity contribution in [1.82, 2.24) is 10.6 Å². The summed E-state index contributed by atoms with van der Waals surface area (Å²) in [6.07, 6.45) is 3.19. The Morgan fingerprint density at radius 2 is 2.00 bits per heavy atom. The van der Waals surface area contributed by atoms with Gasteiger partial charge in [-0.15, -0.1) is 0 Å². The number of methoxy groups -OCH3 is 2. The first-order chi connectivity index (χ1) is 12.5. The van der Waals surface area contributed by atoms with Gasteiger partial charge in [0, 0.05) is 5.70 Å². The summed E-state index contributed by atoms with van der Waals surface area (Å²) in [5, 5.41) is 5.27. The van der Waals surface area contributed by atoms with E-state index >= 15 is 0 Å². The van der Waals surface area contributed by atoms with Crippen molar-refractivity contribution in [2.75, 3.05) is 20.8 Å². The summed E-state index contributed by atoms with van der Waals surface area (Å²) < 4.78 is 16.1. The molecule has 142 valence electrons. The third-order valence-corrected chi connectivity index (χ3v) is 4.28. The fourth-order valence-corrected chi connectivity index (χ4v) is 2.90. The van der Waals surface area contributed by atoms with Gasteiger partial charge in [-0.25, -0.2) is 4.79 Å². The largest absolute Gasteiger partial charge is 0.493 e. The molecule has 26 heavy (non-hydrogen) atoms. The highest BCUT2D eigenvalue weighted by molar-refractivity contribution is 5.85.